The van der Waals surface area contributed by atoms with Gasteiger partial charge in [0.05, 0.1) is 28.9 Å². The van der Waals surface area contributed by atoms with Crippen LogP contribution in [0.15, 0.2) is 30.6 Å². The topological polar surface area (TPSA) is 118 Å². The Morgan fingerprint density at radius 1 is 1.35 bits per heavy atom. The van der Waals surface area contributed by atoms with Crippen molar-refractivity contribution in [2.75, 3.05) is 19.0 Å². The van der Waals surface area contributed by atoms with Crippen LogP contribution in [0.5, 0.6) is 0 Å². The van der Waals surface area contributed by atoms with E-state index >= 15 is 0 Å². The van der Waals surface area contributed by atoms with Crippen molar-refractivity contribution in [2.24, 2.45) is 12.8 Å². The second kappa shape index (κ2) is 6.40. The van der Waals surface area contributed by atoms with Crippen molar-refractivity contribution in [3.63, 3.8) is 0 Å². The van der Waals surface area contributed by atoms with E-state index in [1.807, 2.05) is 42.9 Å². The summed E-state index contributed by atoms with van der Waals surface area (Å²) in [6.45, 7) is 0.0364. The van der Waals surface area contributed by atoms with Crippen LogP contribution >= 0.6 is 0 Å². The van der Waals surface area contributed by atoms with E-state index in [0.29, 0.717) is 6.42 Å². The lowest BCUT2D eigenvalue weighted by Crippen LogP contribution is -2.13. The molecule has 5 N–H and O–H groups in total. The average Bonchev–Trinajstić information content (AvgIpc) is 3.25. The highest BCUT2D eigenvalue weighted by atomic mass is 16.3. The molecule has 1 atom stereocenters. The van der Waals surface area contributed by atoms with E-state index in [2.05, 4.69) is 25.3 Å². The van der Waals surface area contributed by atoms with Gasteiger partial charge < -0.3 is 25.7 Å². The SMILES string of the molecule is CNc1nc2[nH]c(-c3cccc([C@@H](N)CCO)n3)cc2c2c1ncn2C. The molecule has 0 bridgehead atoms. The molecular weight excluding hydrogens is 330 g/mol. The Morgan fingerprint density at radius 3 is 2.96 bits per heavy atom. The largest absolute Gasteiger partial charge is 0.396 e. The molecule has 0 amide bonds. The summed E-state index contributed by atoms with van der Waals surface area (Å²) in [5, 5.41) is 13.2. The number of hydrogen-bond donors (Lipinski definition) is 4. The zero-order chi connectivity index (χ0) is 18.3. The van der Waals surface area contributed by atoms with Crippen LogP contribution in [-0.2, 0) is 7.05 Å². The summed E-state index contributed by atoms with van der Waals surface area (Å²) in [6, 6.07) is 7.48. The number of imidazole rings is 1. The molecule has 4 aromatic rings. The quantitative estimate of drug-likeness (QED) is 0.436. The predicted octanol–water partition coefficient (Wildman–Crippen LogP) is 1.94. The number of nitrogens with zero attached hydrogens (tertiary/aromatic N) is 4. The number of aromatic amines is 1. The number of hydrogen-bond acceptors (Lipinski definition) is 6. The molecule has 134 valence electrons. The molecule has 0 aromatic carbocycles. The smallest absolute Gasteiger partial charge is 0.156 e. The van der Waals surface area contributed by atoms with Crippen molar-refractivity contribution in [2.45, 2.75) is 12.5 Å². The van der Waals surface area contributed by atoms with Crippen molar-refractivity contribution in [1.29, 1.82) is 0 Å². The van der Waals surface area contributed by atoms with E-state index in [4.69, 9.17) is 10.8 Å². The third-order valence-corrected chi connectivity index (χ3v) is 4.54. The Bertz CT molecular complexity index is 1080. The summed E-state index contributed by atoms with van der Waals surface area (Å²) < 4.78 is 1.98. The first-order valence-corrected chi connectivity index (χ1v) is 8.47. The van der Waals surface area contributed by atoms with Gasteiger partial charge in [0, 0.05) is 32.1 Å². The normalized spacial score (nSPS) is 12.8. The molecule has 0 aliphatic carbocycles. The van der Waals surface area contributed by atoms with Gasteiger partial charge in [-0.2, -0.15) is 0 Å². The second-order valence-electron chi connectivity index (χ2n) is 6.27. The summed E-state index contributed by atoms with van der Waals surface area (Å²) in [5.41, 5.74) is 11.1. The zero-order valence-corrected chi connectivity index (χ0v) is 14.7. The lowest BCUT2D eigenvalue weighted by atomic mass is 10.1. The molecular formula is C18H21N7O. The number of nitrogens with one attached hydrogen (secondary N) is 2. The van der Waals surface area contributed by atoms with Gasteiger partial charge in [-0.3, -0.25) is 0 Å². The summed E-state index contributed by atoms with van der Waals surface area (Å²) in [4.78, 5) is 17.1. The number of H-pyrrole nitrogens is 1. The summed E-state index contributed by atoms with van der Waals surface area (Å²) in [5.74, 6) is 0.730. The number of aliphatic hydroxyl groups excluding tert-OH is 1. The highest BCUT2D eigenvalue weighted by molar-refractivity contribution is 6.07. The Balaban J connectivity index is 1.87. The molecule has 4 aromatic heterocycles. The fourth-order valence-electron chi connectivity index (χ4n) is 3.21. The molecule has 26 heavy (non-hydrogen) atoms. The minimum absolute atomic E-state index is 0.0364. The molecule has 0 fully saturated rings. The number of pyridine rings is 2. The first-order chi connectivity index (χ1) is 12.6. The molecule has 0 saturated heterocycles. The fraction of sp³-hybridized carbons (Fsp3) is 0.278. The summed E-state index contributed by atoms with van der Waals surface area (Å²) in [6.07, 6.45) is 2.26. The summed E-state index contributed by atoms with van der Waals surface area (Å²) >= 11 is 0. The molecule has 8 nitrogen and oxygen atoms in total. The van der Waals surface area contributed by atoms with Gasteiger partial charge in [-0.1, -0.05) is 6.07 Å². The van der Waals surface area contributed by atoms with Crippen molar-refractivity contribution in [1.82, 2.24) is 24.5 Å². The molecule has 4 rings (SSSR count). The monoisotopic (exact) mass is 351 g/mol. The van der Waals surface area contributed by atoms with Crippen LogP contribution in [0.3, 0.4) is 0 Å². The van der Waals surface area contributed by atoms with Crippen LogP contribution in [0.4, 0.5) is 5.82 Å². The number of aliphatic hydroxyl groups is 1. The van der Waals surface area contributed by atoms with Gasteiger partial charge in [-0.15, -0.1) is 0 Å². The first kappa shape index (κ1) is 16.5. The van der Waals surface area contributed by atoms with Crippen LogP contribution in [0.25, 0.3) is 33.5 Å². The predicted molar refractivity (Wildman–Crippen MR) is 102 cm³/mol. The molecule has 0 spiro atoms. The molecule has 0 saturated carbocycles. The van der Waals surface area contributed by atoms with Crippen molar-refractivity contribution < 1.29 is 5.11 Å². The highest BCUT2D eigenvalue weighted by Crippen LogP contribution is 2.31. The number of anilines is 1. The number of aryl methyl sites for hydroxylation is 1. The number of rotatable bonds is 5. The van der Waals surface area contributed by atoms with Gasteiger partial charge in [-0.05, 0) is 24.6 Å². The highest BCUT2D eigenvalue weighted by Gasteiger charge is 2.16. The Morgan fingerprint density at radius 2 is 2.19 bits per heavy atom. The Kier molecular flexibility index (Phi) is 4.06. The number of fused-ring (bicyclic) bond motifs is 3. The molecule has 0 aliphatic heterocycles. The van der Waals surface area contributed by atoms with E-state index in [9.17, 15) is 0 Å². The third kappa shape index (κ3) is 2.59. The molecule has 8 heteroatoms. The van der Waals surface area contributed by atoms with Crippen LogP contribution in [0.2, 0.25) is 0 Å². The fourth-order valence-corrected chi connectivity index (χ4v) is 3.21. The second-order valence-corrected chi connectivity index (χ2v) is 6.27. The number of aromatic nitrogens is 5. The van der Waals surface area contributed by atoms with Crippen LogP contribution in [0.1, 0.15) is 18.2 Å². The van der Waals surface area contributed by atoms with E-state index < -0.39 is 0 Å². The van der Waals surface area contributed by atoms with Crippen molar-refractivity contribution in [3.8, 4) is 11.4 Å². The van der Waals surface area contributed by atoms with Gasteiger partial charge in [0.25, 0.3) is 0 Å². The van der Waals surface area contributed by atoms with Crippen LogP contribution < -0.4 is 11.1 Å². The van der Waals surface area contributed by atoms with E-state index in [1.165, 1.54) is 0 Å². The Labute approximate surface area is 150 Å². The summed E-state index contributed by atoms with van der Waals surface area (Å²) in [7, 11) is 3.80. The van der Waals surface area contributed by atoms with Gasteiger partial charge >= 0.3 is 0 Å². The lowest BCUT2D eigenvalue weighted by Gasteiger charge is -2.10. The van der Waals surface area contributed by atoms with Gasteiger partial charge in [0.1, 0.15) is 11.2 Å². The minimum atomic E-state index is -0.290. The van der Waals surface area contributed by atoms with Gasteiger partial charge in [-0.25, -0.2) is 15.0 Å². The maximum Gasteiger partial charge on any atom is 0.156 e. The standard InChI is InChI=1S/C18H21N7O/c1-20-18-15-16(25(2)9-21-15)10-8-14(23-17(10)24-18)13-5-3-4-12(22-13)11(19)6-7-26/h3-5,8-9,11,26H,6-7,19H2,1-2H3,(H2,20,23,24)/t11-/m0/s1. The minimum Gasteiger partial charge on any atom is -0.396 e. The maximum absolute atomic E-state index is 9.10. The Hall–Kier alpha value is -2.97. The molecule has 0 radical (unpaired) electrons. The molecule has 4 heterocycles. The zero-order valence-electron chi connectivity index (χ0n) is 14.7. The molecule has 0 aliphatic rings. The average molecular weight is 351 g/mol. The maximum atomic E-state index is 9.10. The van der Waals surface area contributed by atoms with Gasteiger partial charge in [0.15, 0.2) is 5.82 Å². The third-order valence-electron chi connectivity index (χ3n) is 4.54. The lowest BCUT2D eigenvalue weighted by molar-refractivity contribution is 0.275. The van der Waals surface area contributed by atoms with Crippen molar-refractivity contribution >= 4 is 27.9 Å². The van der Waals surface area contributed by atoms with E-state index in [-0.39, 0.29) is 12.6 Å². The number of nitrogens with two attached hydrogens (primary N) is 1. The van der Waals surface area contributed by atoms with Gasteiger partial charge in [0.2, 0.25) is 0 Å². The van der Waals surface area contributed by atoms with Crippen LogP contribution in [0, 0.1) is 0 Å². The van der Waals surface area contributed by atoms with E-state index in [1.54, 1.807) is 6.33 Å². The van der Waals surface area contributed by atoms with E-state index in [0.717, 1.165) is 45.0 Å². The van der Waals surface area contributed by atoms with Crippen LogP contribution in [-0.4, -0.2) is 43.3 Å². The first-order valence-electron chi connectivity index (χ1n) is 8.47. The molecule has 0 unspecified atom stereocenters. The van der Waals surface area contributed by atoms with Crippen molar-refractivity contribution in [3.05, 3.63) is 36.3 Å².